The molecule has 1 aromatic carbocycles. The SMILES string of the molecule is CC(=O)c1sc(NC(=O)N[C@@H]2CCN(CCN3CCCC3)C[C@H]2CN2CCCC(Cc3ccc(F)cc3)C2)nc1C. The van der Waals surface area contributed by atoms with Crippen LogP contribution in [-0.4, -0.2) is 96.4 Å². The molecular weight excluding hydrogens is 539 g/mol. The van der Waals surface area contributed by atoms with Crippen molar-refractivity contribution in [2.24, 2.45) is 11.8 Å². The van der Waals surface area contributed by atoms with Crippen LogP contribution in [0.3, 0.4) is 0 Å². The van der Waals surface area contributed by atoms with Gasteiger partial charge in [-0.2, -0.15) is 0 Å². The van der Waals surface area contributed by atoms with E-state index < -0.39 is 0 Å². The molecule has 41 heavy (non-hydrogen) atoms. The summed E-state index contributed by atoms with van der Waals surface area (Å²) < 4.78 is 13.4. The average Bonchev–Trinajstić information content (AvgIpc) is 3.60. The molecular formula is C31H45FN6O2S. The zero-order valence-corrected chi connectivity index (χ0v) is 25.4. The van der Waals surface area contributed by atoms with Crippen LogP contribution < -0.4 is 10.6 Å². The maximum atomic E-state index is 13.4. The Morgan fingerprint density at radius 2 is 1.71 bits per heavy atom. The van der Waals surface area contributed by atoms with Gasteiger partial charge in [0.2, 0.25) is 0 Å². The van der Waals surface area contributed by atoms with E-state index in [4.69, 9.17) is 0 Å². The van der Waals surface area contributed by atoms with Crippen molar-refractivity contribution in [1.82, 2.24) is 25.0 Å². The van der Waals surface area contributed by atoms with Crippen molar-refractivity contribution in [3.63, 3.8) is 0 Å². The van der Waals surface area contributed by atoms with E-state index in [9.17, 15) is 14.0 Å². The molecule has 4 heterocycles. The van der Waals surface area contributed by atoms with Crippen LogP contribution in [0.25, 0.3) is 0 Å². The van der Waals surface area contributed by atoms with Crippen molar-refractivity contribution in [2.75, 3.05) is 64.2 Å². The van der Waals surface area contributed by atoms with Crippen molar-refractivity contribution >= 4 is 28.3 Å². The van der Waals surface area contributed by atoms with Gasteiger partial charge in [-0.3, -0.25) is 10.1 Å². The lowest BCUT2D eigenvalue weighted by Crippen LogP contribution is -2.56. The number of thiazole rings is 1. The number of benzene rings is 1. The molecule has 0 aliphatic carbocycles. The Labute approximate surface area is 247 Å². The van der Waals surface area contributed by atoms with Gasteiger partial charge in [0.1, 0.15) is 5.82 Å². The van der Waals surface area contributed by atoms with Gasteiger partial charge in [-0.15, -0.1) is 0 Å². The number of piperidine rings is 2. The molecule has 2 amide bonds. The van der Waals surface area contributed by atoms with Crippen LogP contribution in [-0.2, 0) is 6.42 Å². The Kier molecular flexibility index (Phi) is 10.4. The molecule has 0 spiro atoms. The lowest BCUT2D eigenvalue weighted by molar-refractivity contribution is 0.0808. The first-order valence-corrected chi connectivity index (χ1v) is 16.1. The molecule has 3 aliphatic rings. The standard InChI is InChI=1S/C31H45FN6O2S/c1-22-29(23(2)39)41-31(33-22)35-30(40)34-28-11-15-37(17-16-36-12-3-4-13-36)20-26(28)21-38-14-5-6-25(19-38)18-24-7-9-27(32)10-8-24/h7-10,25-26,28H,3-6,11-21H2,1-2H3,(H2,33,34,35,40)/t25?,26-,28+/m0/s1. The van der Waals surface area contributed by atoms with Gasteiger partial charge in [0.25, 0.3) is 0 Å². The highest BCUT2D eigenvalue weighted by Gasteiger charge is 2.33. The highest BCUT2D eigenvalue weighted by molar-refractivity contribution is 7.17. The molecule has 1 unspecified atom stereocenters. The van der Waals surface area contributed by atoms with Crippen LogP contribution in [0.1, 0.15) is 60.0 Å². The van der Waals surface area contributed by atoms with E-state index in [0.717, 1.165) is 65.1 Å². The second-order valence-electron chi connectivity index (χ2n) is 12.2. The Hall–Kier alpha value is -2.40. The minimum atomic E-state index is -0.248. The lowest BCUT2D eigenvalue weighted by Gasteiger charge is -2.43. The number of likely N-dealkylation sites (tertiary alicyclic amines) is 3. The van der Waals surface area contributed by atoms with Gasteiger partial charge in [0.05, 0.1) is 10.6 Å². The summed E-state index contributed by atoms with van der Waals surface area (Å²) in [5, 5.41) is 6.62. The smallest absolute Gasteiger partial charge is 0.321 e. The predicted octanol–water partition coefficient (Wildman–Crippen LogP) is 4.66. The molecule has 8 nitrogen and oxygen atoms in total. The van der Waals surface area contributed by atoms with E-state index in [-0.39, 0.29) is 23.7 Å². The number of aromatic nitrogens is 1. The van der Waals surface area contributed by atoms with Gasteiger partial charge in [-0.25, -0.2) is 14.2 Å². The number of urea groups is 1. The third-order valence-corrected chi connectivity index (χ3v) is 10.1. The van der Waals surface area contributed by atoms with E-state index in [1.54, 1.807) is 19.1 Å². The van der Waals surface area contributed by atoms with E-state index in [2.05, 4.69) is 30.3 Å². The number of anilines is 1. The molecule has 10 heteroatoms. The number of ketones is 1. The zero-order valence-electron chi connectivity index (χ0n) is 24.5. The summed E-state index contributed by atoms with van der Waals surface area (Å²) in [6.45, 7) is 13.0. The predicted molar refractivity (Wildman–Crippen MR) is 162 cm³/mol. The van der Waals surface area contributed by atoms with Crippen LogP contribution in [0.5, 0.6) is 0 Å². The van der Waals surface area contributed by atoms with Crippen molar-refractivity contribution in [1.29, 1.82) is 0 Å². The third kappa shape index (κ3) is 8.56. The summed E-state index contributed by atoms with van der Waals surface area (Å²) >= 11 is 1.23. The number of nitrogens with zero attached hydrogens (tertiary/aromatic N) is 4. The summed E-state index contributed by atoms with van der Waals surface area (Å²) in [6, 6.07) is 6.77. The normalized spacial score (nSPS) is 24.4. The number of hydrogen-bond acceptors (Lipinski definition) is 7. The first-order valence-electron chi connectivity index (χ1n) is 15.3. The van der Waals surface area contributed by atoms with Gasteiger partial charge in [-0.05, 0) is 88.7 Å². The Balaban J connectivity index is 1.20. The Bertz CT molecular complexity index is 1170. The molecule has 2 N–H and O–H groups in total. The molecule has 3 fully saturated rings. The molecule has 0 saturated carbocycles. The number of nitrogens with one attached hydrogen (secondary N) is 2. The number of rotatable bonds is 10. The molecule has 224 valence electrons. The van der Waals surface area contributed by atoms with Gasteiger partial charge < -0.3 is 20.0 Å². The van der Waals surface area contributed by atoms with Crippen LogP contribution in [0, 0.1) is 24.6 Å². The highest BCUT2D eigenvalue weighted by atomic mass is 32.1. The molecule has 0 bridgehead atoms. The van der Waals surface area contributed by atoms with Crippen LogP contribution in [0.2, 0.25) is 0 Å². The van der Waals surface area contributed by atoms with Gasteiger partial charge in [-0.1, -0.05) is 23.5 Å². The highest BCUT2D eigenvalue weighted by Crippen LogP contribution is 2.26. The number of hydrogen-bond donors (Lipinski definition) is 2. The molecule has 3 atom stereocenters. The molecule has 5 rings (SSSR count). The fourth-order valence-corrected chi connectivity index (χ4v) is 7.68. The topological polar surface area (TPSA) is 80.8 Å². The van der Waals surface area contributed by atoms with Crippen molar-refractivity contribution < 1.29 is 14.0 Å². The van der Waals surface area contributed by atoms with Crippen LogP contribution in [0.4, 0.5) is 14.3 Å². The quantitative estimate of drug-likeness (QED) is 0.396. The largest absolute Gasteiger partial charge is 0.335 e. The minimum absolute atomic E-state index is 0.0333. The maximum Gasteiger partial charge on any atom is 0.321 e. The monoisotopic (exact) mass is 584 g/mol. The summed E-state index contributed by atoms with van der Waals surface area (Å²) in [5.41, 5.74) is 1.85. The van der Waals surface area contributed by atoms with Gasteiger partial charge in [0, 0.05) is 58.2 Å². The summed E-state index contributed by atoms with van der Waals surface area (Å²) in [4.78, 5) is 37.6. The minimum Gasteiger partial charge on any atom is -0.335 e. The first kappa shape index (κ1) is 30.1. The number of amides is 2. The molecule has 1 aromatic heterocycles. The zero-order chi connectivity index (χ0) is 28.8. The summed E-state index contributed by atoms with van der Waals surface area (Å²) in [7, 11) is 0. The second-order valence-corrected chi connectivity index (χ2v) is 13.2. The fourth-order valence-electron chi connectivity index (χ4n) is 6.82. The molecule has 3 aliphatic heterocycles. The third-order valence-electron chi connectivity index (χ3n) is 8.94. The molecule has 0 radical (unpaired) electrons. The number of carbonyl (C=O) groups is 2. The van der Waals surface area contributed by atoms with E-state index in [1.165, 1.54) is 56.2 Å². The Morgan fingerprint density at radius 3 is 2.44 bits per heavy atom. The average molecular weight is 585 g/mol. The number of Topliss-reactive ketones (excluding diaryl/α,β-unsaturated/α-hetero) is 1. The van der Waals surface area contributed by atoms with E-state index in [1.807, 2.05) is 12.1 Å². The first-order chi connectivity index (χ1) is 19.8. The van der Waals surface area contributed by atoms with Crippen molar-refractivity contribution in [2.45, 2.75) is 58.4 Å². The summed E-state index contributed by atoms with van der Waals surface area (Å²) in [5.74, 6) is 0.664. The van der Waals surface area contributed by atoms with Crippen molar-refractivity contribution in [3.05, 3.63) is 46.2 Å². The van der Waals surface area contributed by atoms with Crippen LogP contribution >= 0.6 is 11.3 Å². The number of aryl methyl sites for hydroxylation is 1. The van der Waals surface area contributed by atoms with E-state index >= 15 is 0 Å². The van der Waals surface area contributed by atoms with E-state index in [0.29, 0.717) is 27.5 Å². The second kappa shape index (κ2) is 14.2. The van der Waals surface area contributed by atoms with Gasteiger partial charge in [0.15, 0.2) is 10.9 Å². The maximum absolute atomic E-state index is 13.4. The molecule has 2 aromatic rings. The number of halogens is 1. The van der Waals surface area contributed by atoms with Crippen molar-refractivity contribution in [3.8, 4) is 0 Å². The Morgan fingerprint density at radius 1 is 0.976 bits per heavy atom. The van der Waals surface area contributed by atoms with Gasteiger partial charge >= 0.3 is 6.03 Å². The van der Waals surface area contributed by atoms with Crippen LogP contribution in [0.15, 0.2) is 24.3 Å². The lowest BCUT2D eigenvalue weighted by atomic mass is 9.88. The summed E-state index contributed by atoms with van der Waals surface area (Å²) in [6.07, 6.45) is 6.87. The molecule has 3 saturated heterocycles. The number of carbonyl (C=O) groups excluding carboxylic acids is 2. The fraction of sp³-hybridized carbons (Fsp3) is 0.645.